The molecule has 0 aliphatic rings. The first-order valence-electron chi connectivity index (χ1n) is 7.83. The van der Waals surface area contributed by atoms with Crippen LogP contribution >= 0.6 is 11.3 Å². The average Bonchev–Trinajstić information content (AvgIpc) is 2.99. The minimum absolute atomic E-state index is 0.0302. The Balaban J connectivity index is 1.90. The molecule has 3 rings (SSSR count). The van der Waals surface area contributed by atoms with Crippen molar-refractivity contribution in [2.75, 3.05) is 5.32 Å². The van der Waals surface area contributed by atoms with Gasteiger partial charge in [-0.25, -0.2) is 22.9 Å². The van der Waals surface area contributed by atoms with Crippen LogP contribution in [0.5, 0.6) is 5.06 Å². The van der Waals surface area contributed by atoms with Crippen molar-refractivity contribution in [2.45, 2.75) is 13.1 Å². The second-order valence-corrected chi connectivity index (χ2v) is 6.84. The lowest BCUT2D eigenvalue weighted by atomic mass is 10.0. The van der Waals surface area contributed by atoms with Crippen molar-refractivity contribution < 1.29 is 35.9 Å². The molecule has 2 aromatic carbocycles. The Kier molecular flexibility index (Phi) is 5.51. The SMILES string of the molecule is Cc1nc(C(F)(F)F)c(OC(=O)Nc2ccccc2-c2cc(F)c(F)cc2F)s1. The number of aryl methyl sites for hydroxylation is 1. The highest BCUT2D eigenvalue weighted by atomic mass is 32.1. The van der Waals surface area contributed by atoms with E-state index in [1.165, 1.54) is 31.2 Å². The van der Waals surface area contributed by atoms with Gasteiger partial charge in [-0.15, -0.1) is 0 Å². The van der Waals surface area contributed by atoms with Gasteiger partial charge in [0.05, 0.1) is 10.7 Å². The van der Waals surface area contributed by atoms with E-state index in [4.69, 9.17) is 4.74 Å². The molecule has 1 heterocycles. The summed E-state index contributed by atoms with van der Waals surface area (Å²) in [5, 5.41) is 1.45. The first-order valence-corrected chi connectivity index (χ1v) is 8.65. The molecular weight excluding hydrogens is 422 g/mol. The number of para-hydroxylation sites is 1. The number of rotatable bonds is 3. The Morgan fingerprint density at radius 2 is 1.69 bits per heavy atom. The third kappa shape index (κ3) is 4.50. The van der Waals surface area contributed by atoms with Crippen LogP contribution in [0.1, 0.15) is 10.7 Å². The first-order chi connectivity index (χ1) is 13.6. The zero-order valence-corrected chi connectivity index (χ0v) is 15.2. The van der Waals surface area contributed by atoms with E-state index in [1.807, 2.05) is 0 Å². The van der Waals surface area contributed by atoms with E-state index in [0.717, 1.165) is 0 Å². The first kappa shape index (κ1) is 20.6. The van der Waals surface area contributed by atoms with Crippen molar-refractivity contribution in [3.05, 3.63) is 64.6 Å². The van der Waals surface area contributed by atoms with Gasteiger partial charge in [-0.1, -0.05) is 29.5 Å². The molecule has 1 amide bonds. The number of aromatic nitrogens is 1. The minimum atomic E-state index is -4.83. The normalized spacial score (nSPS) is 11.4. The second kappa shape index (κ2) is 7.74. The van der Waals surface area contributed by atoms with Crippen LogP contribution in [0.4, 0.5) is 36.8 Å². The molecule has 0 saturated heterocycles. The summed E-state index contributed by atoms with van der Waals surface area (Å²) in [7, 11) is 0. The number of halogens is 6. The Morgan fingerprint density at radius 1 is 1.03 bits per heavy atom. The number of nitrogens with zero attached hydrogens (tertiary/aromatic N) is 1. The number of ether oxygens (including phenoxy) is 1. The van der Waals surface area contributed by atoms with Crippen molar-refractivity contribution in [2.24, 2.45) is 0 Å². The van der Waals surface area contributed by atoms with E-state index in [1.54, 1.807) is 0 Å². The van der Waals surface area contributed by atoms with Crippen LogP contribution in [0.25, 0.3) is 11.1 Å². The fourth-order valence-electron chi connectivity index (χ4n) is 2.43. The number of hydrogen-bond acceptors (Lipinski definition) is 4. The molecule has 0 spiro atoms. The van der Waals surface area contributed by atoms with E-state index in [2.05, 4.69) is 10.3 Å². The molecular formula is C18H10F6N2O2S. The summed E-state index contributed by atoms with van der Waals surface area (Å²) in [5.41, 5.74) is -1.82. The summed E-state index contributed by atoms with van der Waals surface area (Å²) >= 11 is 0.521. The van der Waals surface area contributed by atoms with Crippen LogP contribution in [0.15, 0.2) is 36.4 Å². The molecule has 0 bridgehead atoms. The van der Waals surface area contributed by atoms with Crippen LogP contribution in [0.2, 0.25) is 0 Å². The fourth-order valence-corrected chi connectivity index (χ4v) is 3.21. The van der Waals surface area contributed by atoms with Crippen LogP contribution in [-0.2, 0) is 6.18 Å². The molecule has 0 fully saturated rings. The Morgan fingerprint density at radius 3 is 2.38 bits per heavy atom. The number of carbonyl (C=O) groups excluding carboxylic acids is 1. The van der Waals surface area contributed by atoms with Gasteiger partial charge in [-0.3, -0.25) is 5.32 Å². The van der Waals surface area contributed by atoms with Crippen molar-refractivity contribution in [3.63, 3.8) is 0 Å². The zero-order valence-electron chi connectivity index (χ0n) is 14.4. The number of alkyl halides is 3. The maximum absolute atomic E-state index is 14.1. The molecule has 11 heteroatoms. The summed E-state index contributed by atoms with van der Waals surface area (Å²) in [6.07, 6.45) is -6.12. The molecule has 4 nitrogen and oxygen atoms in total. The molecule has 0 unspecified atom stereocenters. The lowest BCUT2D eigenvalue weighted by Gasteiger charge is -2.12. The molecule has 1 N–H and O–H groups in total. The third-order valence-corrected chi connectivity index (χ3v) is 4.47. The number of amides is 1. The molecule has 1 aromatic heterocycles. The molecule has 3 aromatic rings. The topological polar surface area (TPSA) is 51.2 Å². The molecule has 29 heavy (non-hydrogen) atoms. The summed E-state index contributed by atoms with van der Waals surface area (Å²) < 4.78 is 84.4. The van der Waals surface area contributed by atoms with Gasteiger partial charge in [0.25, 0.3) is 0 Å². The summed E-state index contributed by atoms with van der Waals surface area (Å²) in [6.45, 7) is 1.31. The van der Waals surface area contributed by atoms with Gasteiger partial charge in [0.2, 0.25) is 5.06 Å². The molecule has 0 radical (unpaired) electrons. The molecule has 152 valence electrons. The lowest BCUT2D eigenvalue weighted by molar-refractivity contribution is -0.141. The number of thiazole rings is 1. The quantitative estimate of drug-likeness (QED) is 0.398. The zero-order chi connectivity index (χ0) is 21.3. The largest absolute Gasteiger partial charge is 0.438 e. The van der Waals surface area contributed by atoms with Crippen molar-refractivity contribution >= 4 is 23.1 Å². The van der Waals surface area contributed by atoms with Gasteiger partial charge >= 0.3 is 12.3 Å². The maximum Gasteiger partial charge on any atom is 0.438 e. The maximum atomic E-state index is 14.1. The van der Waals surface area contributed by atoms with E-state index in [9.17, 15) is 31.1 Å². The van der Waals surface area contributed by atoms with Gasteiger partial charge < -0.3 is 4.74 Å². The molecule has 0 aliphatic carbocycles. The van der Waals surface area contributed by atoms with Gasteiger partial charge in [-0.2, -0.15) is 13.2 Å². The molecule has 0 atom stereocenters. The highest BCUT2D eigenvalue weighted by Crippen LogP contribution is 2.39. The summed E-state index contributed by atoms with van der Waals surface area (Å²) in [4.78, 5) is 15.4. The minimum Gasteiger partial charge on any atom is -0.397 e. The lowest BCUT2D eigenvalue weighted by Crippen LogP contribution is -2.19. The number of hydrogen-bond donors (Lipinski definition) is 1. The number of nitrogens with one attached hydrogen (secondary N) is 1. The summed E-state index contributed by atoms with van der Waals surface area (Å²) in [6, 6.07) is 6.43. The number of carbonyl (C=O) groups is 1. The number of anilines is 1. The standard InChI is InChI=1S/C18H10F6N2O2S/c1-8-25-15(18(22,23)24)16(29-8)28-17(27)26-14-5-3-2-4-9(14)10-6-12(20)13(21)7-11(10)19/h2-7H,1H3,(H,26,27). The van der Waals surface area contributed by atoms with Crippen molar-refractivity contribution in [3.8, 4) is 16.2 Å². The van der Waals surface area contributed by atoms with Crippen LogP contribution in [0, 0.1) is 24.4 Å². The van der Waals surface area contributed by atoms with Crippen LogP contribution in [0.3, 0.4) is 0 Å². The predicted molar refractivity (Wildman–Crippen MR) is 93.3 cm³/mol. The van der Waals surface area contributed by atoms with Crippen molar-refractivity contribution in [1.29, 1.82) is 0 Å². The highest BCUT2D eigenvalue weighted by molar-refractivity contribution is 7.13. The van der Waals surface area contributed by atoms with Gasteiger partial charge in [-0.05, 0) is 19.1 Å². The predicted octanol–water partition coefficient (Wildman–Crippen LogP) is 6.17. The molecule has 0 aliphatic heterocycles. The third-order valence-electron chi connectivity index (χ3n) is 3.62. The summed E-state index contributed by atoms with van der Waals surface area (Å²) in [5.74, 6) is -3.80. The van der Waals surface area contributed by atoms with E-state index < -0.39 is 40.5 Å². The van der Waals surface area contributed by atoms with Crippen LogP contribution in [-0.4, -0.2) is 11.1 Å². The Hall–Kier alpha value is -3.08. The van der Waals surface area contributed by atoms with Crippen LogP contribution < -0.4 is 10.1 Å². The second-order valence-electron chi connectivity index (χ2n) is 5.67. The van der Waals surface area contributed by atoms with E-state index >= 15 is 0 Å². The van der Waals surface area contributed by atoms with Gasteiger partial charge in [0.1, 0.15) is 5.82 Å². The molecule has 0 saturated carbocycles. The average molecular weight is 432 g/mol. The van der Waals surface area contributed by atoms with E-state index in [0.29, 0.717) is 23.5 Å². The smallest absolute Gasteiger partial charge is 0.397 e. The highest BCUT2D eigenvalue weighted by Gasteiger charge is 2.39. The van der Waals surface area contributed by atoms with E-state index in [-0.39, 0.29) is 21.8 Å². The Bertz CT molecular complexity index is 1080. The van der Waals surface area contributed by atoms with Gasteiger partial charge in [0, 0.05) is 17.2 Å². The fraction of sp³-hybridized carbons (Fsp3) is 0.111. The Labute approximate surface area is 163 Å². The van der Waals surface area contributed by atoms with Crippen molar-refractivity contribution in [1.82, 2.24) is 4.98 Å². The monoisotopic (exact) mass is 432 g/mol. The van der Waals surface area contributed by atoms with Gasteiger partial charge in [0.15, 0.2) is 17.3 Å². The number of benzene rings is 2.